The zero-order chi connectivity index (χ0) is 14.2. The molecule has 2 heterocycles. The average molecular weight is 277 g/mol. The van der Waals surface area contributed by atoms with Crippen molar-refractivity contribution in [2.45, 2.75) is 6.42 Å². The largest absolute Gasteiger partial charge is 0.497 e. The summed E-state index contributed by atoms with van der Waals surface area (Å²) < 4.78 is 5.27. The molecule has 0 atom stereocenters. The van der Waals surface area contributed by atoms with Crippen LogP contribution in [0.15, 0.2) is 48.8 Å². The number of anilines is 2. The van der Waals surface area contributed by atoms with Crippen LogP contribution in [0.1, 0.15) is 5.56 Å². The molecule has 0 amide bonds. The Morgan fingerprint density at radius 1 is 1.10 bits per heavy atom. The minimum atomic E-state index is 0.814. The van der Waals surface area contributed by atoms with E-state index in [9.17, 15) is 0 Å². The Labute approximate surface area is 123 Å². The molecule has 0 saturated heterocycles. The van der Waals surface area contributed by atoms with Crippen molar-refractivity contribution < 1.29 is 4.74 Å². The van der Waals surface area contributed by atoms with E-state index in [0.717, 1.165) is 35.4 Å². The molecule has 0 spiro atoms. The first kappa shape index (κ1) is 12.1. The van der Waals surface area contributed by atoms with Gasteiger partial charge in [-0.3, -0.25) is 0 Å². The molecule has 1 aromatic heterocycles. The monoisotopic (exact) mass is 277 g/mol. The van der Waals surface area contributed by atoms with Crippen LogP contribution in [0.4, 0.5) is 11.5 Å². The van der Waals surface area contributed by atoms with Gasteiger partial charge in [0.2, 0.25) is 0 Å². The number of aromatic nitrogens is 2. The van der Waals surface area contributed by atoms with Crippen molar-refractivity contribution in [1.29, 1.82) is 0 Å². The van der Waals surface area contributed by atoms with E-state index in [0.29, 0.717) is 0 Å². The molecule has 0 N–H and O–H groups in total. The number of fused-ring (bicyclic) bond motifs is 2. The first-order valence-corrected chi connectivity index (χ1v) is 7.01. The third-order valence-corrected chi connectivity index (χ3v) is 3.97. The van der Waals surface area contributed by atoms with Crippen LogP contribution < -0.4 is 9.64 Å². The molecule has 1 aliphatic heterocycles. The van der Waals surface area contributed by atoms with Gasteiger partial charge in [0, 0.05) is 23.7 Å². The summed E-state index contributed by atoms with van der Waals surface area (Å²) in [5, 5.41) is 1.05. The Balaban J connectivity index is 1.88. The third kappa shape index (κ3) is 1.91. The van der Waals surface area contributed by atoms with E-state index in [-0.39, 0.29) is 0 Å². The van der Waals surface area contributed by atoms with Crippen LogP contribution in [0.2, 0.25) is 0 Å². The molecule has 0 unspecified atom stereocenters. The fraction of sp³-hybridized carbons (Fsp3) is 0.176. The fourth-order valence-electron chi connectivity index (χ4n) is 2.92. The van der Waals surface area contributed by atoms with E-state index in [4.69, 9.17) is 4.74 Å². The highest BCUT2D eigenvalue weighted by Gasteiger charge is 2.22. The molecule has 0 saturated carbocycles. The lowest BCUT2D eigenvalue weighted by Crippen LogP contribution is -2.15. The summed E-state index contributed by atoms with van der Waals surface area (Å²) in [6.45, 7) is 0.956. The van der Waals surface area contributed by atoms with Crippen LogP contribution in [0, 0.1) is 0 Å². The average Bonchev–Trinajstić information content (AvgIpc) is 2.97. The number of methoxy groups -OCH3 is 1. The van der Waals surface area contributed by atoms with E-state index in [2.05, 4.69) is 39.1 Å². The predicted octanol–water partition coefficient (Wildman–Crippen LogP) is 3.33. The number of nitrogens with zero attached hydrogens (tertiary/aromatic N) is 3. The molecule has 21 heavy (non-hydrogen) atoms. The minimum absolute atomic E-state index is 0.814. The summed E-state index contributed by atoms with van der Waals surface area (Å²) in [5.74, 6) is 1.78. The minimum Gasteiger partial charge on any atom is -0.497 e. The normalized spacial score (nSPS) is 13.5. The van der Waals surface area contributed by atoms with Crippen molar-refractivity contribution in [3.05, 3.63) is 54.4 Å². The molecule has 1 aliphatic rings. The highest BCUT2D eigenvalue weighted by molar-refractivity contribution is 5.93. The smallest absolute Gasteiger partial charge is 0.144 e. The molecule has 4 rings (SSSR count). The number of ether oxygens (including phenoxy) is 1. The number of hydrogen-bond acceptors (Lipinski definition) is 4. The molecule has 4 heteroatoms. The second-order valence-corrected chi connectivity index (χ2v) is 5.11. The van der Waals surface area contributed by atoms with Crippen molar-refractivity contribution in [3.63, 3.8) is 0 Å². The van der Waals surface area contributed by atoms with E-state index in [1.807, 2.05) is 18.2 Å². The Morgan fingerprint density at radius 3 is 2.90 bits per heavy atom. The van der Waals surface area contributed by atoms with Crippen LogP contribution in [0.3, 0.4) is 0 Å². The maximum Gasteiger partial charge on any atom is 0.144 e. The first-order valence-electron chi connectivity index (χ1n) is 7.01. The van der Waals surface area contributed by atoms with Gasteiger partial charge in [0.1, 0.15) is 17.9 Å². The van der Waals surface area contributed by atoms with Crippen molar-refractivity contribution in [1.82, 2.24) is 9.97 Å². The highest BCUT2D eigenvalue weighted by Crippen LogP contribution is 2.36. The van der Waals surface area contributed by atoms with Gasteiger partial charge < -0.3 is 9.64 Å². The Kier molecular flexibility index (Phi) is 2.74. The molecule has 0 bridgehead atoms. The second-order valence-electron chi connectivity index (χ2n) is 5.11. The number of para-hydroxylation sites is 1. The molecule has 104 valence electrons. The van der Waals surface area contributed by atoms with Gasteiger partial charge in [0.25, 0.3) is 0 Å². The molecule has 4 nitrogen and oxygen atoms in total. The van der Waals surface area contributed by atoms with Crippen LogP contribution >= 0.6 is 0 Å². The first-order chi connectivity index (χ1) is 10.4. The molecule has 3 aromatic rings. The zero-order valence-corrected chi connectivity index (χ0v) is 11.8. The van der Waals surface area contributed by atoms with Crippen LogP contribution in [0.5, 0.6) is 5.75 Å². The Hall–Kier alpha value is -2.62. The number of rotatable bonds is 2. The molecular weight excluding hydrogens is 262 g/mol. The SMILES string of the molecule is COc1ccc2c(N3CCc4ccccc43)ncnc2c1. The number of benzene rings is 2. The molecule has 0 fully saturated rings. The molecule has 0 aliphatic carbocycles. The fourth-order valence-corrected chi connectivity index (χ4v) is 2.92. The van der Waals surface area contributed by atoms with Crippen molar-refractivity contribution in [2.24, 2.45) is 0 Å². The Morgan fingerprint density at radius 2 is 2.00 bits per heavy atom. The summed E-state index contributed by atoms with van der Waals surface area (Å²) in [6.07, 6.45) is 2.68. The van der Waals surface area contributed by atoms with Gasteiger partial charge in [-0.25, -0.2) is 9.97 Å². The van der Waals surface area contributed by atoms with Crippen LogP contribution in [-0.4, -0.2) is 23.6 Å². The van der Waals surface area contributed by atoms with Gasteiger partial charge in [-0.2, -0.15) is 0 Å². The Bertz CT molecular complexity index is 816. The summed E-state index contributed by atoms with van der Waals surface area (Å²) >= 11 is 0. The zero-order valence-electron chi connectivity index (χ0n) is 11.8. The third-order valence-electron chi connectivity index (χ3n) is 3.97. The van der Waals surface area contributed by atoms with Gasteiger partial charge >= 0.3 is 0 Å². The molecule has 2 aromatic carbocycles. The lowest BCUT2D eigenvalue weighted by atomic mass is 10.2. The second kappa shape index (κ2) is 4.74. The lowest BCUT2D eigenvalue weighted by molar-refractivity contribution is 0.415. The van der Waals surface area contributed by atoms with Gasteiger partial charge in [-0.15, -0.1) is 0 Å². The topological polar surface area (TPSA) is 38.2 Å². The summed E-state index contributed by atoms with van der Waals surface area (Å²) in [6, 6.07) is 14.4. The highest BCUT2D eigenvalue weighted by atomic mass is 16.5. The van der Waals surface area contributed by atoms with Gasteiger partial charge in [-0.05, 0) is 30.2 Å². The van der Waals surface area contributed by atoms with E-state index < -0.39 is 0 Å². The summed E-state index contributed by atoms with van der Waals surface area (Å²) in [5.41, 5.74) is 3.52. The van der Waals surface area contributed by atoms with E-state index in [1.165, 1.54) is 11.3 Å². The van der Waals surface area contributed by atoms with Crippen molar-refractivity contribution in [3.8, 4) is 5.75 Å². The van der Waals surface area contributed by atoms with Gasteiger partial charge in [0.05, 0.1) is 12.6 Å². The number of hydrogen-bond donors (Lipinski definition) is 0. The van der Waals surface area contributed by atoms with Crippen molar-refractivity contribution >= 4 is 22.4 Å². The van der Waals surface area contributed by atoms with Gasteiger partial charge in [-0.1, -0.05) is 18.2 Å². The van der Waals surface area contributed by atoms with E-state index >= 15 is 0 Å². The van der Waals surface area contributed by atoms with Crippen LogP contribution in [-0.2, 0) is 6.42 Å². The summed E-state index contributed by atoms with van der Waals surface area (Å²) in [4.78, 5) is 11.1. The van der Waals surface area contributed by atoms with Crippen molar-refractivity contribution in [2.75, 3.05) is 18.6 Å². The maximum atomic E-state index is 5.27. The predicted molar refractivity (Wildman–Crippen MR) is 83.2 cm³/mol. The lowest BCUT2D eigenvalue weighted by Gasteiger charge is -2.19. The molecular formula is C17H15N3O. The van der Waals surface area contributed by atoms with Crippen LogP contribution in [0.25, 0.3) is 10.9 Å². The standard InChI is InChI=1S/C17H15N3O/c1-21-13-6-7-14-15(10-13)18-11-19-17(14)20-9-8-12-4-2-3-5-16(12)20/h2-7,10-11H,8-9H2,1H3. The quantitative estimate of drug-likeness (QED) is 0.720. The maximum absolute atomic E-state index is 5.27. The molecule has 0 radical (unpaired) electrons. The summed E-state index contributed by atoms with van der Waals surface area (Å²) in [7, 11) is 1.67. The van der Waals surface area contributed by atoms with Gasteiger partial charge in [0.15, 0.2) is 0 Å². The van der Waals surface area contributed by atoms with E-state index in [1.54, 1.807) is 13.4 Å².